The van der Waals surface area contributed by atoms with Crippen molar-refractivity contribution in [2.45, 2.75) is 19.4 Å². The van der Waals surface area contributed by atoms with Crippen LogP contribution in [-0.2, 0) is 6.42 Å². The number of rotatable bonds is 5. The Balaban J connectivity index is 1.41. The number of thiazole rings is 1. The molecule has 0 saturated carbocycles. The first-order valence-corrected chi connectivity index (χ1v) is 8.96. The molecule has 6 heteroatoms. The fourth-order valence-corrected chi connectivity index (χ4v) is 3.30. The molecule has 1 aromatic heterocycles. The molecule has 1 atom stereocenters. The summed E-state index contributed by atoms with van der Waals surface area (Å²) in [4.78, 5) is 4.53. The normalized spacial score (nSPS) is 14.1. The molecule has 1 aliphatic rings. The molecular weight excluding hydrogens is 334 g/mol. The summed E-state index contributed by atoms with van der Waals surface area (Å²) in [6.45, 7) is 2.33. The zero-order valence-electron chi connectivity index (χ0n) is 13.8. The second-order valence-electron chi connectivity index (χ2n) is 5.84. The SMILES string of the molecule is CC(Cc1ccc2c(c1)OCO2)N=Nc1nc(-c2ccccc2)cs1. The second-order valence-corrected chi connectivity index (χ2v) is 6.67. The number of fused-ring (bicyclic) bond motifs is 1. The van der Waals surface area contributed by atoms with Gasteiger partial charge in [-0.1, -0.05) is 36.4 Å². The standard InChI is InChI=1S/C19H17N3O2S/c1-13(9-14-7-8-17-18(10-14)24-12-23-17)21-22-19-20-16(11-25-19)15-5-3-2-4-6-15/h2-8,10-11,13H,9,12H2,1H3. The van der Waals surface area contributed by atoms with Gasteiger partial charge in [-0.05, 0) is 31.0 Å². The zero-order chi connectivity index (χ0) is 17.1. The van der Waals surface area contributed by atoms with Gasteiger partial charge in [0.1, 0.15) is 0 Å². The minimum atomic E-state index is 0.0597. The summed E-state index contributed by atoms with van der Waals surface area (Å²) in [6, 6.07) is 16.1. The highest BCUT2D eigenvalue weighted by molar-refractivity contribution is 7.13. The fourth-order valence-electron chi connectivity index (χ4n) is 2.65. The lowest BCUT2D eigenvalue weighted by molar-refractivity contribution is 0.174. The van der Waals surface area contributed by atoms with Crippen LogP contribution in [0, 0.1) is 0 Å². The smallest absolute Gasteiger partial charge is 0.231 e. The van der Waals surface area contributed by atoms with E-state index < -0.39 is 0 Å². The van der Waals surface area contributed by atoms with E-state index in [1.54, 1.807) is 0 Å². The maximum Gasteiger partial charge on any atom is 0.231 e. The van der Waals surface area contributed by atoms with Crippen LogP contribution in [-0.4, -0.2) is 17.8 Å². The highest BCUT2D eigenvalue weighted by Gasteiger charge is 2.14. The minimum absolute atomic E-state index is 0.0597. The van der Waals surface area contributed by atoms with E-state index in [2.05, 4.69) is 15.2 Å². The quantitative estimate of drug-likeness (QED) is 0.590. The van der Waals surface area contributed by atoms with Crippen molar-refractivity contribution < 1.29 is 9.47 Å². The molecule has 0 saturated heterocycles. The van der Waals surface area contributed by atoms with E-state index in [0.29, 0.717) is 11.9 Å². The Labute approximate surface area is 150 Å². The molecule has 4 rings (SSSR count). The predicted octanol–water partition coefficient (Wildman–Crippen LogP) is 5.25. The molecule has 0 amide bonds. The van der Waals surface area contributed by atoms with Crippen LogP contribution >= 0.6 is 11.3 Å². The van der Waals surface area contributed by atoms with Crippen molar-refractivity contribution in [2.75, 3.05) is 6.79 Å². The monoisotopic (exact) mass is 351 g/mol. The molecule has 0 aliphatic carbocycles. The number of benzene rings is 2. The van der Waals surface area contributed by atoms with Crippen molar-refractivity contribution in [3.8, 4) is 22.8 Å². The summed E-state index contributed by atoms with van der Waals surface area (Å²) in [5, 5.41) is 11.4. The third kappa shape index (κ3) is 3.69. The lowest BCUT2D eigenvalue weighted by Gasteiger charge is -2.05. The number of azo groups is 1. The molecule has 0 spiro atoms. The first kappa shape index (κ1) is 15.8. The number of ether oxygens (including phenoxy) is 2. The van der Waals surface area contributed by atoms with Crippen molar-refractivity contribution in [1.29, 1.82) is 0 Å². The molecule has 5 nitrogen and oxygen atoms in total. The van der Waals surface area contributed by atoms with Gasteiger partial charge in [0.2, 0.25) is 11.9 Å². The summed E-state index contributed by atoms with van der Waals surface area (Å²) in [5.74, 6) is 1.60. The lowest BCUT2D eigenvalue weighted by Crippen LogP contribution is -2.01. The van der Waals surface area contributed by atoms with Crippen molar-refractivity contribution in [1.82, 2.24) is 4.98 Å². The number of aromatic nitrogens is 1. The maximum absolute atomic E-state index is 5.41. The Hall–Kier alpha value is -2.73. The average Bonchev–Trinajstić information content (AvgIpc) is 3.30. The van der Waals surface area contributed by atoms with E-state index >= 15 is 0 Å². The van der Waals surface area contributed by atoms with Gasteiger partial charge < -0.3 is 9.47 Å². The van der Waals surface area contributed by atoms with Gasteiger partial charge in [0.15, 0.2) is 11.5 Å². The summed E-state index contributed by atoms with van der Waals surface area (Å²) in [6.07, 6.45) is 0.789. The summed E-state index contributed by atoms with van der Waals surface area (Å²) in [7, 11) is 0. The van der Waals surface area contributed by atoms with Crippen LogP contribution in [0.4, 0.5) is 5.13 Å². The van der Waals surface area contributed by atoms with Crippen LogP contribution in [0.5, 0.6) is 11.5 Å². The molecule has 2 aromatic carbocycles. The second kappa shape index (κ2) is 7.03. The molecule has 1 unspecified atom stereocenters. The molecule has 126 valence electrons. The minimum Gasteiger partial charge on any atom is -0.454 e. The van der Waals surface area contributed by atoms with E-state index in [9.17, 15) is 0 Å². The summed E-state index contributed by atoms with van der Waals surface area (Å²) >= 11 is 1.50. The molecule has 0 radical (unpaired) electrons. The first-order valence-electron chi connectivity index (χ1n) is 8.08. The van der Waals surface area contributed by atoms with Gasteiger partial charge in [-0.25, -0.2) is 4.98 Å². The van der Waals surface area contributed by atoms with Crippen LogP contribution < -0.4 is 9.47 Å². The van der Waals surface area contributed by atoms with Gasteiger partial charge >= 0.3 is 0 Å². The lowest BCUT2D eigenvalue weighted by atomic mass is 10.1. The Morgan fingerprint density at radius 2 is 1.96 bits per heavy atom. The highest BCUT2D eigenvalue weighted by Crippen LogP contribution is 2.33. The summed E-state index contributed by atoms with van der Waals surface area (Å²) < 4.78 is 10.7. The van der Waals surface area contributed by atoms with Gasteiger partial charge in [0.25, 0.3) is 0 Å². The fraction of sp³-hybridized carbons (Fsp3) is 0.211. The van der Waals surface area contributed by atoms with Crippen LogP contribution in [0.15, 0.2) is 64.1 Å². The third-order valence-corrected chi connectivity index (χ3v) is 4.59. The topological polar surface area (TPSA) is 56.1 Å². The van der Waals surface area contributed by atoms with E-state index in [4.69, 9.17) is 9.47 Å². The molecule has 0 N–H and O–H groups in total. The van der Waals surface area contributed by atoms with Crippen LogP contribution in [0.25, 0.3) is 11.3 Å². The van der Waals surface area contributed by atoms with Gasteiger partial charge in [-0.3, -0.25) is 0 Å². The Bertz CT molecular complexity index is 893. The zero-order valence-corrected chi connectivity index (χ0v) is 14.6. The molecule has 0 fully saturated rings. The number of hydrogen-bond donors (Lipinski definition) is 0. The van der Waals surface area contributed by atoms with Gasteiger partial charge in [-0.15, -0.1) is 16.5 Å². The van der Waals surface area contributed by atoms with Gasteiger partial charge in [0.05, 0.1) is 11.7 Å². The van der Waals surface area contributed by atoms with Gasteiger partial charge in [0, 0.05) is 10.9 Å². The largest absolute Gasteiger partial charge is 0.454 e. The van der Waals surface area contributed by atoms with E-state index in [1.165, 1.54) is 11.3 Å². The number of hydrogen-bond acceptors (Lipinski definition) is 6. The van der Waals surface area contributed by atoms with E-state index in [1.807, 2.05) is 60.8 Å². The molecule has 3 aromatic rings. The maximum atomic E-state index is 5.41. The Kier molecular flexibility index (Phi) is 4.43. The number of nitrogens with zero attached hydrogens (tertiary/aromatic N) is 3. The molecule has 25 heavy (non-hydrogen) atoms. The highest BCUT2D eigenvalue weighted by atomic mass is 32.1. The molecule has 1 aliphatic heterocycles. The predicted molar refractivity (Wildman–Crippen MR) is 97.8 cm³/mol. The van der Waals surface area contributed by atoms with E-state index in [0.717, 1.165) is 34.7 Å². The Morgan fingerprint density at radius 3 is 2.84 bits per heavy atom. The van der Waals surface area contributed by atoms with Crippen molar-refractivity contribution in [2.24, 2.45) is 10.2 Å². The van der Waals surface area contributed by atoms with Crippen molar-refractivity contribution in [3.63, 3.8) is 0 Å². The third-order valence-electron chi connectivity index (χ3n) is 3.87. The van der Waals surface area contributed by atoms with Crippen LogP contribution in [0.3, 0.4) is 0 Å². The van der Waals surface area contributed by atoms with Crippen LogP contribution in [0.2, 0.25) is 0 Å². The van der Waals surface area contributed by atoms with Crippen molar-refractivity contribution in [3.05, 3.63) is 59.5 Å². The molecule has 0 bridgehead atoms. The van der Waals surface area contributed by atoms with Crippen molar-refractivity contribution >= 4 is 16.5 Å². The van der Waals surface area contributed by atoms with Crippen LogP contribution in [0.1, 0.15) is 12.5 Å². The van der Waals surface area contributed by atoms with E-state index in [-0.39, 0.29) is 6.04 Å². The molecule has 2 heterocycles. The Morgan fingerprint density at radius 1 is 1.12 bits per heavy atom. The first-order chi connectivity index (χ1) is 12.3. The van der Waals surface area contributed by atoms with Gasteiger partial charge in [-0.2, -0.15) is 5.11 Å². The molecular formula is C19H17N3O2S. The average molecular weight is 351 g/mol. The summed E-state index contributed by atoms with van der Waals surface area (Å²) in [5.41, 5.74) is 3.18.